The van der Waals surface area contributed by atoms with Gasteiger partial charge in [-0.3, -0.25) is 0 Å². The van der Waals surface area contributed by atoms with Crippen molar-refractivity contribution in [1.82, 2.24) is 9.97 Å². The molecule has 0 amide bonds. The largest absolute Gasteiger partial charge is 0.490 e. The normalized spacial score (nSPS) is 11.3. The quantitative estimate of drug-likeness (QED) is 0.0405. The lowest BCUT2D eigenvalue weighted by molar-refractivity contribution is 0.234. The van der Waals surface area contributed by atoms with Crippen molar-refractivity contribution < 1.29 is 28.4 Å². The van der Waals surface area contributed by atoms with E-state index in [2.05, 4.69) is 103 Å². The molecule has 0 unspecified atom stereocenters. The van der Waals surface area contributed by atoms with Crippen molar-refractivity contribution in [3.05, 3.63) is 60.2 Å². The second-order valence-corrected chi connectivity index (χ2v) is 22.6. The second kappa shape index (κ2) is 44.2. The zero-order valence-corrected chi connectivity index (χ0v) is 51.7. The van der Waals surface area contributed by atoms with E-state index in [-0.39, 0.29) is 0 Å². The molecule has 8 nitrogen and oxygen atoms in total. The van der Waals surface area contributed by atoms with Gasteiger partial charge < -0.3 is 28.4 Å². The Bertz CT molecular complexity index is 1940. The molecule has 0 N–H and O–H groups in total. The number of aromatic nitrogens is 2. The van der Waals surface area contributed by atoms with Crippen LogP contribution in [0, 0.1) is 6.92 Å². The summed E-state index contributed by atoms with van der Waals surface area (Å²) in [5, 5.41) is 0. The van der Waals surface area contributed by atoms with Crippen molar-refractivity contribution in [2.75, 3.05) is 39.6 Å². The molecule has 0 bridgehead atoms. The summed E-state index contributed by atoms with van der Waals surface area (Å²) in [6, 6.07) is 19.2. The molecule has 0 aliphatic heterocycles. The Morgan fingerprint density at radius 1 is 0.278 bits per heavy atom. The predicted molar refractivity (Wildman–Crippen MR) is 336 cm³/mol. The van der Waals surface area contributed by atoms with Crippen LogP contribution < -0.4 is 28.4 Å². The molecule has 4 aromatic rings. The fraction of sp³-hybridized carbons (Fsp3) is 0.690. The summed E-state index contributed by atoms with van der Waals surface area (Å²) in [6.07, 6.45) is 42.8. The topological polar surface area (TPSA) is 81.2 Å². The summed E-state index contributed by atoms with van der Waals surface area (Å²) < 4.78 is 40.9. The fourth-order valence-corrected chi connectivity index (χ4v) is 10.2. The van der Waals surface area contributed by atoms with E-state index in [9.17, 15) is 0 Å². The average Bonchev–Trinajstić information content (AvgIpc) is 3.50. The average molecular weight is 1090 g/mol. The first kappa shape index (κ1) is 67.0. The number of ether oxygens (including phenoxy) is 6. The number of aryl methyl sites for hydroxylation is 1. The van der Waals surface area contributed by atoms with Gasteiger partial charge in [0, 0.05) is 16.7 Å². The van der Waals surface area contributed by atoms with E-state index in [4.69, 9.17) is 38.4 Å². The van der Waals surface area contributed by atoms with Crippen LogP contribution in [0.1, 0.15) is 278 Å². The number of hydrogen-bond acceptors (Lipinski definition) is 8. The van der Waals surface area contributed by atoms with Gasteiger partial charge in [-0.15, -0.1) is 0 Å². The maximum Gasteiger partial charge on any atom is 0.203 e. The molecule has 0 radical (unpaired) electrons. The lowest BCUT2D eigenvalue weighted by Gasteiger charge is -2.20. The molecule has 0 spiro atoms. The molecular weight excluding hydrogens is 977 g/mol. The van der Waals surface area contributed by atoms with Crippen LogP contribution in [-0.4, -0.2) is 49.6 Å². The van der Waals surface area contributed by atoms with E-state index in [1.54, 1.807) is 0 Å². The van der Waals surface area contributed by atoms with Crippen molar-refractivity contribution in [1.29, 1.82) is 0 Å². The molecule has 8 heteroatoms. The summed E-state index contributed by atoms with van der Waals surface area (Å²) in [5.74, 6) is 4.83. The van der Waals surface area contributed by atoms with E-state index in [0.717, 1.165) is 117 Å². The molecule has 0 atom stereocenters. The lowest BCUT2D eigenvalue weighted by Crippen LogP contribution is -2.08. The Morgan fingerprint density at radius 3 is 0.873 bits per heavy atom. The van der Waals surface area contributed by atoms with Crippen LogP contribution in [0.5, 0.6) is 34.5 Å². The Labute approximate surface area is 484 Å². The van der Waals surface area contributed by atoms with Crippen molar-refractivity contribution in [2.45, 2.75) is 280 Å². The molecule has 3 aromatic carbocycles. The van der Waals surface area contributed by atoms with E-state index in [1.165, 1.54) is 160 Å². The van der Waals surface area contributed by atoms with Crippen LogP contribution in [0.25, 0.3) is 33.9 Å². The number of hydrogen-bond donors (Lipinski definition) is 0. The molecule has 0 fully saturated rings. The number of nitrogens with zero attached hydrogens (tertiary/aromatic N) is 2. The standard InChI is InChI=1S/C71H114N2O6/c1-8-14-20-26-32-38-47-74-65-54-61(55-66(75-48-39-33-27-21-15-9-2)69(65)78-51-42-36-30-24-18-12-5)64-58-63(60-46-44-45-59(7)53-60)72-71(73-64)62-56-67(76-49-40-34-28-22-16-10-3)70(79-52-43-37-31-25-19-13-6)68(57-62)77-50-41-35-29-23-17-11-4/h44-46,53-58H,8-43,47-52H2,1-7H3. The molecule has 0 aliphatic carbocycles. The molecule has 4 rings (SSSR count). The van der Waals surface area contributed by atoms with Gasteiger partial charge in [0.1, 0.15) is 0 Å². The highest BCUT2D eigenvalue weighted by atomic mass is 16.5. The third-order valence-electron chi connectivity index (χ3n) is 15.1. The Kier molecular flexibility index (Phi) is 37.5. The molecule has 0 aliphatic rings. The van der Waals surface area contributed by atoms with Gasteiger partial charge in [-0.1, -0.05) is 258 Å². The third kappa shape index (κ3) is 28.2. The van der Waals surface area contributed by atoms with E-state index in [0.29, 0.717) is 68.5 Å². The second-order valence-electron chi connectivity index (χ2n) is 22.6. The minimum absolute atomic E-state index is 0.595. The molecule has 0 saturated carbocycles. The van der Waals surface area contributed by atoms with Crippen molar-refractivity contribution >= 4 is 0 Å². The monoisotopic (exact) mass is 1090 g/mol. The Hall–Kier alpha value is -4.46. The first-order valence-corrected chi connectivity index (χ1v) is 33.1. The van der Waals surface area contributed by atoms with Crippen LogP contribution >= 0.6 is 0 Å². The summed E-state index contributed by atoms with van der Waals surface area (Å²) in [5.41, 5.74) is 5.55. The molecule has 444 valence electrons. The fourth-order valence-electron chi connectivity index (χ4n) is 10.2. The van der Waals surface area contributed by atoms with Crippen LogP contribution in [-0.2, 0) is 0 Å². The zero-order valence-electron chi connectivity index (χ0n) is 51.7. The van der Waals surface area contributed by atoms with Crippen molar-refractivity contribution in [2.24, 2.45) is 0 Å². The van der Waals surface area contributed by atoms with E-state index < -0.39 is 0 Å². The first-order chi connectivity index (χ1) is 39.0. The molecule has 0 saturated heterocycles. The van der Waals surface area contributed by atoms with Crippen molar-refractivity contribution in [3.8, 4) is 68.4 Å². The highest BCUT2D eigenvalue weighted by molar-refractivity contribution is 5.76. The smallest absolute Gasteiger partial charge is 0.203 e. The Morgan fingerprint density at radius 2 is 0.557 bits per heavy atom. The number of unbranched alkanes of at least 4 members (excludes halogenated alkanes) is 30. The van der Waals surface area contributed by atoms with Crippen LogP contribution in [0.4, 0.5) is 0 Å². The van der Waals surface area contributed by atoms with Gasteiger partial charge in [0.25, 0.3) is 0 Å². The van der Waals surface area contributed by atoms with Crippen LogP contribution in [0.3, 0.4) is 0 Å². The predicted octanol–water partition coefficient (Wildman–Crippen LogP) is 22.2. The van der Waals surface area contributed by atoms with Gasteiger partial charge in [-0.05, 0) is 81.8 Å². The van der Waals surface area contributed by atoms with Gasteiger partial charge in [0.15, 0.2) is 28.8 Å². The van der Waals surface area contributed by atoms with Gasteiger partial charge >= 0.3 is 0 Å². The molecule has 1 aromatic heterocycles. The molecular formula is C71H114N2O6. The maximum absolute atomic E-state index is 6.84. The van der Waals surface area contributed by atoms with E-state index >= 15 is 0 Å². The third-order valence-corrected chi connectivity index (χ3v) is 15.1. The summed E-state index contributed by atoms with van der Waals surface area (Å²) >= 11 is 0. The van der Waals surface area contributed by atoms with Gasteiger partial charge in [-0.25, -0.2) is 9.97 Å². The highest BCUT2D eigenvalue weighted by Gasteiger charge is 2.22. The molecule has 1 heterocycles. The minimum atomic E-state index is 0.595. The lowest BCUT2D eigenvalue weighted by atomic mass is 10.0. The van der Waals surface area contributed by atoms with Crippen LogP contribution in [0.2, 0.25) is 0 Å². The Balaban J connectivity index is 1.88. The first-order valence-electron chi connectivity index (χ1n) is 33.1. The summed E-state index contributed by atoms with van der Waals surface area (Å²) in [4.78, 5) is 10.9. The van der Waals surface area contributed by atoms with Crippen molar-refractivity contribution in [3.63, 3.8) is 0 Å². The number of benzene rings is 3. The van der Waals surface area contributed by atoms with E-state index in [1.807, 2.05) is 0 Å². The summed E-state index contributed by atoms with van der Waals surface area (Å²) in [7, 11) is 0. The van der Waals surface area contributed by atoms with Gasteiger partial charge in [0.2, 0.25) is 11.5 Å². The summed E-state index contributed by atoms with van der Waals surface area (Å²) in [6.45, 7) is 19.4. The van der Waals surface area contributed by atoms with Gasteiger partial charge in [-0.2, -0.15) is 0 Å². The molecule has 79 heavy (non-hydrogen) atoms. The van der Waals surface area contributed by atoms with Gasteiger partial charge in [0.05, 0.1) is 51.0 Å². The number of rotatable bonds is 51. The zero-order chi connectivity index (χ0) is 56.2. The highest BCUT2D eigenvalue weighted by Crippen LogP contribution is 2.45. The SMILES string of the molecule is CCCCCCCCOc1cc(-c2cc(-c3cccc(C)c3)nc(-c3cc(OCCCCCCCC)c(OCCCCCCCC)c(OCCCCCCCC)c3)n2)cc(OCCCCCCCC)c1OCCCCCCCC. The minimum Gasteiger partial charge on any atom is -0.490 e. The van der Waals surface area contributed by atoms with Crippen LogP contribution in [0.15, 0.2) is 54.6 Å². The maximum atomic E-state index is 6.84.